The van der Waals surface area contributed by atoms with Crippen LogP contribution in [0.1, 0.15) is 52.4 Å². The van der Waals surface area contributed by atoms with Crippen LogP contribution in [0, 0.1) is 17.8 Å². The Balaban J connectivity index is 1.55. The standard InChI is InChI=1S/C15H28N2O/c1-11(2)15(18)17-9-3-8-16-14-10-12-4-6-13(14)7-5-12/h11-14,16H,3-10H2,1-2H3,(H,17,18). The molecule has 0 aliphatic heterocycles. The highest BCUT2D eigenvalue weighted by Crippen LogP contribution is 2.41. The van der Waals surface area contributed by atoms with Gasteiger partial charge in [0.2, 0.25) is 5.91 Å². The molecule has 1 amide bonds. The SMILES string of the molecule is CC(C)C(=O)NCCCNC1CC2CCC1CC2. The third-order valence-corrected chi connectivity index (χ3v) is 4.63. The van der Waals surface area contributed by atoms with E-state index in [1.165, 1.54) is 32.1 Å². The molecule has 2 bridgehead atoms. The Bertz CT molecular complexity index is 270. The highest BCUT2D eigenvalue weighted by molar-refractivity contribution is 5.77. The van der Waals surface area contributed by atoms with Crippen molar-refractivity contribution in [3.8, 4) is 0 Å². The molecule has 3 saturated carbocycles. The van der Waals surface area contributed by atoms with Crippen molar-refractivity contribution < 1.29 is 4.79 Å². The Kier molecular flexibility index (Phi) is 5.04. The molecule has 3 nitrogen and oxygen atoms in total. The Morgan fingerprint density at radius 2 is 1.89 bits per heavy atom. The smallest absolute Gasteiger partial charge is 0.222 e. The summed E-state index contributed by atoms with van der Waals surface area (Å²) in [6.45, 7) is 5.73. The highest BCUT2D eigenvalue weighted by atomic mass is 16.1. The van der Waals surface area contributed by atoms with Crippen LogP contribution in [0.15, 0.2) is 0 Å². The van der Waals surface area contributed by atoms with Gasteiger partial charge < -0.3 is 10.6 Å². The van der Waals surface area contributed by atoms with Crippen molar-refractivity contribution in [2.45, 2.75) is 58.4 Å². The van der Waals surface area contributed by atoms with Crippen LogP contribution in [0.5, 0.6) is 0 Å². The molecule has 3 aliphatic rings. The molecule has 3 rings (SSSR count). The van der Waals surface area contributed by atoms with Gasteiger partial charge in [0.1, 0.15) is 0 Å². The fraction of sp³-hybridized carbons (Fsp3) is 0.933. The summed E-state index contributed by atoms with van der Waals surface area (Å²) in [6, 6.07) is 0.762. The highest BCUT2D eigenvalue weighted by Gasteiger charge is 2.34. The zero-order chi connectivity index (χ0) is 13.0. The lowest BCUT2D eigenvalue weighted by atomic mass is 9.68. The molecule has 0 spiro atoms. The number of rotatable bonds is 6. The predicted octanol–water partition coefficient (Wildman–Crippen LogP) is 2.32. The van der Waals surface area contributed by atoms with Gasteiger partial charge in [0.25, 0.3) is 0 Å². The van der Waals surface area contributed by atoms with Crippen LogP contribution < -0.4 is 10.6 Å². The van der Waals surface area contributed by atoms with E-state index in [4.69, 9.17) is 0 Å². The lowest BCUT2D eigenvalue weighted by Gasteiger charge is -2.42. The molecule has 18 heavy (non-hydrogen) atoms. The molecule has 0 radical (unpaired) electrons. The van der Waals surface area contributed by atoms with Crippen molar-refractivity contribution >= 4 is 5.91 Å². The molecular formula is C15H28N2O. The van der Waals surface area contributed by atoms with Gasteiger partial charge in [-0.25, -0.2) is 0 Å². The van der Waals surface area contributed by atoms with Crippen molar-refractivity contribution in [1.29, 1.82) is 0 Å². The monoisotopic (exact) mass is 252 g/mol. The van der Waals surface area contributed by atoms with E-state index in [0.717, 1.165) is 37.4 Å². The summed E-state index contributed by atoms with van der Waals surface area (Å²) in [6.07, 6.45) is 8.24. The molecule has 0 aromatic rings. The summed E-state index contributed by atoms with van der Waals surface area (Å²) in [7, 11) is 0. The first-order chi connectivity index (χ1) is 8.66. The van der Waals surface area contributed by atoms with Crippen molar-refractivity contribution in [1.82, 2.24) is 10.6 Å². The normalized spacial score (nSPS) is 30.7. The van der Waals surface area contributed by atoms with E-state index in [1.807, 2.05) is 13.8 Å². The molecule has 104 valence electrons. The second-order valence-corrected chi connectivity index (χ2v) is 6.38. The predicted molar refractivity (Wildman–Crippen MR) is 74.3 cm³/mol. The van der Waals surface area contributed by atoms with Gasteiger partial charge in [0, 0.05) is 18.5 Å². The summed E-state index contributed by atoms with van der Waals surface area (Å²) in [5, 5.41) is 6.68. The first kappa shape index (κ1) is 13.9. The van der Waals surface area contributed by atoms with E-state index in [0.29, 0.717) is 0 Å². The molecule has 3 fully saturated rings. The number of fused-ring (bicyclic) bond motifs is 3. The second kappa shape index (κ2) is 6.55. The molecule has 1 unspecified atom stereocenters. The minimum Gasteiger partial charge on any atom is -0.356 e. The Hall–Kier alpha value is -0.570. The summed E-state index contributed by atoms with van der Waals surface area (Å²) in [5.74, 6) is 2.20. The lowest BCUT2D eigenvalue weighted by molar-refractivity contribution is -0.123. The van der Waals surface area contributed by atoms with Crippen LogP contribution in [0.3, 0.4) is 0 Å². The molecule has 3 aliphatic carbocycles. The van der Waals surface area contributed by atoms with Crippen LogP contribution in [-0.4, -0.2) is 25.0 Å². The molecule has 1 atom stereocenters. The zero-order valence-electron chi connectivity index (χ0n) is 11.9. The maximum absolute atomic E-state index is 11.4. The van der Waals surface area contributed by atoms with Gasteiger partial charge in [-0.1, -0.05) is 26.7 Å². The number of hydrogen-bond donors (Lipinski definition) is 2. The third-order valence-electron chi connectivity index (χ3n) is 4.63. The molecular weight excluding hydrogens is 224 g/mol. The number of hydrogen-bond acceptors (Lipinski definition) is 2. The fourth-order valence-electron chi connectivity index (χ4n) is 3.42. The molecule has 2 N–H and O–H groups in total. The average molecular weight is 252 g/mol. The van der Waals surface area contributed by atoms with E-state index in [-0.39, 0.29) is 11.8 Å². The van der Waals surface area contributed by atoms with Gasteiger partial charge in [-0.3, -0.25) is 4.79 Å². The average Bonchev–Trinajstić information content (AvgIpc) is 2.39. The minimum atomic E-state index is 0.104. The van der Waals surface area contributed by atoms with Crippen molar-refractivity contribution in [2.24, 2.45) is 17.8 Å². The van der Waals surface area contributed by atoms with Gasteiger partial charge in [-0.05, 0) is 44.1 Å². The molecule has 0 aromatic carbocycles. The van der Waals surface area contributed by atoms with Crippen molar-refractivity contribution in [2.75, 3.05) is 13.1 Å². The largest absolute Gasteiger partial charge is 0.356 e. The summed E-state index contributed by atoms with van der Waals surface area (Å²) in [5.41, 5.74) is 0. The van der Waals surface area contributed by atoms with Gasteiger partial charge >= 0.3 is 0 Å². The van der Waals surface area contributed by atoms with E-state index in [1.54, 1.807) is 0 Å². The van der Waals surface area contributed by atoms with Crippen LogP contribution in [0.2, 0.25) is 0 Å². The van der Waals surface area contributed by atoms with Crippen LogP contribution >= 0.6 is 0 Å². The maximum atomic E-state index is 11.4. The fourth-order valence-corrected chi connectivity index (χ4v) is 3.42. The minimum absolute atomic E-state index is 0.104. The Labute approximate surface area is 111 Å². The maximum Gasteiger partial charge on any atom is 0.222 e. The Morgan fingerprint density at radius 1 is 1.17 bits per heavy atom. The summed E-state index contributed by atoms with van der Waals surface area (Å²) in [4.78, 5) is 11.4. The first-order valence-corrected chi connectivity index (χ1v) is 7.68. The lowest BCUT2D eigenvalue weighted by Crippen LogP contribution is -2.45. The Morgan fingerprint density at radius 3 is 2.44 bits per heavy atom. The zero-order valence-corrected chi connectivity index (χ0v) is 11.9. The molecule has 3 heteroatoms. The van der Waals surface area contributed by atoms with Crippen LogP contribution in [-0.2, 0) is 4.79 Å². The summed E-state index contributed by atoms with van der Waals surface area (Å²) >= 11 is 0. The van der Waals surface area contributed by atoms with Crippen molar-refractivity contribution in [3.05, 3.63) is 0 Å². The third kappa shape index (κ3) is 3.71. The van der Waals surface area contributed by atoms with E-state index < -0.39 is 0 Å². The number of carbonyl (C=O) groups is 1. The van der Waals surface area contributed by atoms with Crippen molar-refractivity contribution in [3.63, 3.8) is 0 Å². The second-order valence-electron chi connectivity index (χ2n) is 6.38. The molecule has 0 saturated heterocycles. The number of nitrogens with one attached hydrogen (secondary N) is 2. The van der Waals surface area contributed by atoms with Gasteiger partial charge in [-0.2, -0.15) is 0 Å². The topological polar surface area (TPSA) is 41.1 Å². The van der Waals surface area contributed by atoms with Gasteiger partial charge in [0.05, 0.1) is 0 Å². The van der Waals surface area contributed by atoms with Crippen LogP contribution in [0.25, 0.3) is 0 Å². The first-order valence-electron chi connectivity index (χ1n) is 7.68. The molecule has 0 heterocycles. The van der Waals surface area contributed by atoms with Gasteiger partial charge in [-0.15, -0.1) is 0 Å². The number of amides is 1. The quantitative estimate of drug-likeness (QED) is 0.712. The van der Waals surface area contributed by atoms with Gasteiger partial charge in [0.15, 0.2) is 0 Å². The van der Waals surface area contributed by atoms with Crippen LogP contribution in [0.4, 0.5) is 0 Å². The van der Waals surface area contributed by atoms with E-state index >= 15 is 0 Å². The molecule has 0 aromatic heterocycles. The summed E-state index contributed by atoms with van der Waals surface area (Å²) < 4.78 is 0. The van der Waals surface area contributed by atoms with E-state index in [9.17, 15) is 4.79 Å². The van der Waals surface area contributed by atoms with E-state index in [2.05, 4.69) is 10.6 Å². The number of carbonyl (C=O) groups excluding carboxylic acids is 1.